The summed E-state index contributed by atoms with van der Waals surface area (Å²) in [5.41, 5.74) is 2.06. The molecule has 4 bridgehead atoms. The van der Waals surface area contributed by atoms with Gasteiger partial charge in [-0.15, -0.1) is 0 Å². The molecule has 0 amide bonds. The summed E-state index contributed by atoms with van der Waals surface area (Å²) in [6, 6.07) is 0.786. The molecule has 5 fully saturated rings. The lowest BCUT2D eigenvalue weighted by Gasteiger charge is -2.66. The molecule has 0 saturated heterocycles. The fraction of sp³-hybridized carbons (Fsp3) is 1.00. The van der Waals surface area contributed by atoms with E-state index in [1.165, 1.54) is 64.2 Å². The van der Waals surface area contributed by atoms with Gasteiger partial charge in [-0.3, -0.25) is 0 Å². The van der Waals surface area contributed by atoms with Crippen molar-refractivity contribution in [1.29, 1.82) is 0 Å². The summed E-state index contributed by atoms with van der Waals surface area (Å²) in [5, 5.41) is 3.69. The first-order valence-corrected chi connectivity index (χ1v) is 9.59. The average Bonchev–Trinajstić information content (AvgIpc) is 3.13. The van der Waals surface area contributed by atoms with Gasteiger partial charge < -0.3 is 5.32 Å². The number of rotatable bonds is 6. The van der Waals surface area contributed by atoms with Crippen molar-refractivity contribution in [3.05, 3.63) is 0 Å². The standard InChI is InChI=1S/C20H35N/c1-18-8-16-9-19(2,12-18)14-20(10-16,13-18)11-17(21-3)7-6-15-4-5-15/h15-17,21H,4-14H2,1-3H3. The van der Waals surface area contributed by atoms with Crippen LogP contribution in [0.3, 0.4) is 0 Å². The summed E-state index contributed by atoms with van der Waals surface area (Å²) in [6.45, 7) is 5.23. The molecule has 0 radical (unpaired) electrons. The van der Waals surface area contributed by atoms with Crippen molar-refractivity contribution in [2.75, 3.05) is 7.05 Å². The summed E-state index contributed by atoms with van der Waals surface area (Å²) >= 11 is 0. The molecule has 0 aromatic rings. The van der Waals surface area contributed by atoms with Crippen molar-refractivity contribution >= 4 is 0 Å². The van der Waals surface area contributed by atoms with Gasteiger partial charge in [0.15, 0.2) is 0 Å². The Hall–Kier alpha value is -0.0400. The first-order chi connectivity index (χ1) is 9.92. The summed E-state index contributed by atoms with van der Waals surface area (Å²) < 4.78 is 0. The molecule has 120 valence electrons. The van der Waals surface area contributed by atoms with Gasteiger partial charge in [0.2, 0.25) is 0 Å². The molecule has 0 heterocycles. The van der Waals surface area contributed by atoms with Crippen molar-refractivity contribution in [2.24, 2.45) is 28.1 Å². The number of nitrogens with one attached hydrogen (secondary N) is 1. The lowest BCUT2D eigenvalue weighted by atomic mass is 9.39. The fourth-order valence-electron chi connectivity index (χ4n) is 7.63. The first-order valence-electron chi connectivity index (χ1n) is 9.59. The Morgan fingerprint density at radius 3 is 2.19 bits per heavy atom. The van der Waals surface area contributed by atoms with Crippen LogP contribution in [0.2, 0.25) is 0 Å². The molecule has 1 nitrogen and oxygen atoms in total. The fourth-order valence-corrected chi connectivity index (χ4v) is 7.63. The summed E-state index contributed by atoms with van der Waals surface area (Å²) in [6.07, 6.45) is 16.6. The van der Waals surface area contributed by atoms with Crippen LogP contribution >= 0.6 is 0 Å². The summed E-state index contributed by atoms with van der Waals surface area (Å²) in [5.74, 6) is 2.14. The van der Waals surface area contributed by atoms with Gasteiger partial charge in [-0.25, -0.2) is 0 Å². The lowest BCUT2D eigenvalue weighted by molar-refractivity contribution is -0.150. The van der Waals surface area contributed by atoms with Crippen LogP contribution in [-0.2, 0) is 0 Å². The van der Waals surface area contributed by atoms with Crippen LogP contribution in [0.15, 0.2) is 0 Å². The minimum Gasteiger partial charge on any atom is -0.317 e. The van der Waals surface area contributed by atoms with Crippen molar-refractivity contribution < 1.29 is 0 Å². The zero-order valence-corrected chi connectivity index (χ0v) is 14.5. The molecule has 1 N–H and O–H groups in total. The Balaban J connectivity index is 1.47. The molecule has 0 aromatic heterocycles. The molecule has 3 unspecified atom stereocenters. The third-order valence-corrected chi connectivity index (χ3v) is 7.45. The van der Waals surface area contributed by atoms with E-state index in [0.717, 1.165) is 17.9 Å². The van der Waals surface area contributed by atoms with E-state index in [9.17, 15) is 0 Å². The molecule has 3 atom stereocenters. The lowest BCUT2D eigenvalue weighted by Crippen LogP contribution is -2.56. The molecular formula is C20H35N. The molecule has 0 aromatic carbocycles. The summed E-state index contributed by atoms with van der Waals surface area (Å²) in [4.78, 5) is 0. The second kappa shape index (κ2) is 4.73. The van der Waals surface area contributed by atoms with Crippen LogP contribution in [0, 0.1) is 28.1 Å². The second-order valence-electron chi connectivity index (χ2n) is 10.3. The molecule has 5 saturated carbocycles. The molecule has 1 heteroatoms. The Kier molecular flexibility index (Phi) is 3.27. The van der Waals surface area contributed by atoms with Crippen LogP contribution in [0.4, 0.5) is 0 Å². The summed E-state index contributed by atoms with van der Waals surface area (Å²) in [7, 11) is 2.21. The van der Waals surface area contributed by atoms with E-state index in [1.54, 1.807) is 6.42 Å². The van der Waals surface area contributed by atoms with E-state index in [0.29, 0.717) is 16.2 Å². The number of hydrogen-bond donors (Lipinski definition) is 1. The van der Waals surface area contributed by atoms with E-state index in [-0.39, 0.29) is 0 Å². The Bertz CT molecular complexity index is 392. The van der Waals surface area contributed by atoms with Crippen LogP contribution < -0.4 is 5.32 Å². The van der Waals surface area contributed by atoms with Gasteiger partial charge in [-0.2, -0.15) is 0 Å². The van der Waals surface area contributed by atoms with Gasteiger partial charge in [-0.1, -0.05) is 26.7 Å². The molecule has 5 rings (SSSR count). The van der Waals surface area contributed by atoms with Gasteiger partial charge in [0, 0.05) is 6.04 Å². The van der Waals surface area contributed by atoms with Crippen LogP contribution in [-0.4, -0.2) is 13.1 Å². The molecular weight excluding hydrogens is 254 g/mol. The third-order valence-electron chi connectivity index (χ3n) is 7.45. The monoisotopic (exact) mass is 289 g/mol. The van der Waals surface area contributed by atoms with E-state index in [4.69, 9.17) is 0 Å². The quantitative estimate of drug-likeness (QED) is 0.713. The van der Waals surface area contributed by atoms with Gasteiger partial charge >= 0.3 is 0 Å². The molecule has 0 aliphatic heterocycles. The largest absolute Gasteiger partial charge is 0.317 e. The van der Waals surface area contributed by atoms with Crippen molar-refractivity contribution in [3.63, 3.8) is 0 Å². The Morgan fingerprint density at radius 1 is 1.00 bits per heavy atom. The predicted molar refractivity (Wildman–Crippen MR) is 89.3 cm³/mol. The maximum Gasteiger partial charge on any atom is 0.00694 e. The SMILES string of the molecule is CNC(CCC1CC1)CC12CC3CC(C)(CC(C)(C3)C1)C2. The number of hydrogen-bond acceptors (Lipinski definition) is 1. The van der Waals surface area contributed by atoms with Crippen molar-refractivity contribution in [3.8, 4) is 0 Å². The van der Waals surface area contributed by atoms with Gasteiger partial charge in [0.25, 0.3) is 0 Å². The van der Waals surface area contributed by atoms with E-state index < -0.39 is 0 Å². The van der Waals surface area contributed by atoms with E-state index in [1.807, 2.05) is 0 Å². The first kappa shape index (κ1) is 14.5. The van der Waals surface area contributed by atoms with Gasteiger partial charge in [0.05, 0.1) is 0 Å². The molecule has 5 aliphatic rings. The zero-order chi connectivity index (χ0) is 14.7. The topological polar surface area (TPSA) is 12.0 Å². The zero-order valence-electron chi connectivity index (χ0n) is 14.5. The Morgan fingerprint density at radius 2 is 1.67 bits per heavy atom. The highest BCUT2D eigenvalue weighted by Crippen LogP contribution is 2.70. The Labute approximate surface area is 131 Å². The maximum absolute atomic E-state index is 3.69. The normalized spacial score (nSPS) is 49.6. The smallest absolute Gasteiger partial charge is 0.00694 e. The molecule has 21 heavy (non-hydrogen) atoms. The van der Waals surface area contributed by atoms with Crippen LogP contribution in [0.5, 0.6) is 0 Å². The highest BCUT2D eigenvalue weighted by atomic mass is 14.9. The second-order valence-corrected chi connectivity index (χ2v) is 10.3. The van der Waals surface area contributed by atoms with Crippen LogP contribution in [0.1, 0.15) is 84.5 Å². The van der Waals surface area contributed by atoms with Gasteiger partial charge in [-0.05, 0) is 92.9 Å². The van der Waals surface area contributed by atoms with Gasteiger partial charge in [0.1, 0.15) is 0 Å². The van der Waals surface area contributed by atoms with Crippen molar-refractivity contribution in [2.45, 2.75) is 90.5 Å². The van der Waals surface area contributed by atoms with E-state index >= 15 is 0 Å². The molecule has 0 spiro atoms. The third kappa shape index (κ3) is 2.80. The van der Waals surface area contributed by atoms with Crippen LogP contribution in [0.25, 0.3) is 0 Å². The highest BCUT2D eigenvalue weighted by Gasteiger charge is 2.60. The molecule has 5 aliphatic carbocycles. The maximum atomic E-state index is 3.69. The van der Waals surface area contributed by atoms with Crippen molar-refractivity contribution in [1.82, 2.24) is 5.32 Å². The highest BCUT2D eigenvalue weighted by molar-refractivity contribution is 5.11. The minimum atomic E-state index is 0.683. The average molecular weight is 290 g/mol. The predicted octanol–water partition coefficient (Wildman–Crippen LogP) is 5.15. The van der Waals surface area contributed by atoms with E-state index in [2.05, 4.69) is 26.2 Å². The minimum absolute atomic E-state index is 0.683.